The highest BCUT2D eigenvalue weighted by Gasteiger charge is 2.25. The summed E-state index contributed by atoms with van der Waals surface area (Å²) in [5, 5.41) is 11.4. The zero-order chi connectivity index (χ0) is 22.5. The highest BCUT2D eigenvalue weighted by Crippen LogP contribution is 2.36. The minimum absolute atomic E-state index is 0.0542. The number of benzene rings is 3. The Labute approximate surface area is 190 Å². The molecule has 1 amide bonds. The summed E-state index contributed by atoms with van der Waals surface area (Å²) in [5.41, 5.74) is 4.00. The molecule has 3 aromatic carbocycles. The summed E-state index contributed by atoms with van der Waals surface area (Å²) in [6.07, 6.45) is 1.65. The van der Waals surface area contributed by atoms with Gasteiger partial charge in [0.2, 0.25) is 5.91 Å². The predicted octanol–water partition coefficient (Wildman–Crippen LogP) is 5.25. The van der Waals surface area contributed by atoms with Gasteiger partial charge in [-0.05, 0) is 43.2 Å². The zero-order valence-electron chi connectivity index (χ0n) is 17.7. The number of amides is 1. The third kappa shape index (κ3) is 4.78. The Kier molecular flexibility index (Phi) is 6.47. The van der Waals surface area contributed by atoms with Gasteiger partial charge in [0.25, 0.3) is 0 Å². The summed E-state index contributed by atoms with van der Waals surface area (Å²) in [4.78, 5) is 25.1. The number of thioether (sulfide) groups is 1. The van der Waals surface area contributed by atoms with Gasteiger partial charge in [-0.3, -0.25) is 14.2 Å². The number of anilines is 1. The SMILES string of the molecule is CC(=O)c1cccc(NC(=O)C(Sc2nncn2-c2ccccc2C)c2ccccc2)c1. The molecule has 4 aromatic rings. The predicted molar refractivity (Wildman–Crippen MR) is 126 cm³/mol. The number of ketones is 1. The minimum Gasteiger partial charge on any atom is -0.325 e. The molecule has 1 heterocycles. The molecule has 0 fully saturated rings. The average molecular weight is 443 g/mol. The molecule has 0 aliphatic rings. The van der Waals surface area contributed by atoms with Gasteiger partial charge >= 0.3 is 0 Å². The summed E-state index contributed by atoms with van der Waals surface area (Å²) in [6.45, 7) is 3.52. The van der Waals surface area contributed by atoms with Crippen molar-refractivity contribution in [2.75, 3.05) is 5.32 Å². The Balaban J connectivity index is 1.66. The van der Waals surface area contributed by atoms with E-state index >= 15 is 0 Å². The van der Waals surface area contributed by atoms with Gasteiger partial charge in [-0.15, -0.1) is 10.2 Å². The van der Waals surface area contributed by atoms with E-state index in [-0.39, 0.29) is 11.7 Å². The first-order chi connectivity index (χ1) is 15.5. The van der Waals surface area contributed by atoms with E-state index in [9.17, 15) is 9.59 Å². The van der Waals surface area contributed by atoms with Gasteiger partial charge in [0.1, 0.15) is 11.6 Å². The molecule has 1 unspecified atom stereocenters. The number of nitrogens with one attached hydrogen (secondary N) is 1. The van der Waals surface area contributed by atoms with Crippen LogP contribution < -0.4 is 5.32 Å². The van der Waals surface area contributed by atoms with Crippen molar-refractivity contribution in [3.63, 3.8) is 0 Å². The minimum atomic E-state index is -0.566. The Morgan fingerprint density at radius 2 is 1.72 bits per heavy atom. The van der Waals surface area contributed by atoms with Crippen LogP contribution >= 0.6 is 11.8 Å². The molecule has 160 valence electrons. The molecule has 0 saturated carbocycles. The van der Waals surface area contributed by atoms with Gasteiger partial charge in [-0.25, -0.2) is 0 Å². The van der Waals surface area contributed by atoms with Gasteiger partial charge in [-0.1, -0.05) is 72.4 Å². The molecular weight excluding hydrogens is 420 g/mol. The lowest BCUT2D eigenvalue weighted by Crippen LogP contribution is -2.19. The van der Waals surface area contributed by atoms with Crippen LogP contribution in [-0.2, 0) is 4.79 Å². The number of aryl methyl sites for hydroxylation is 1. The van der Waals surface area contributed by atoms with Crippen molar-refractivity contribution in [3.05, 3.63) is 102 Å². The van der Waals surface area contributed by atoms with Gasteiger partial charge in [0.05, 0.1) is 5.69 Å². The van der Waals surface area contributed by atoms with Gasteiger partial charge < -0.3 is 5.32 Å². The summed E-state index contributed by atoms with van der Waals surface area (Å²) >= 11 is 1.33. The first kappa shape index (κ1) is 21.5. The van der Waals surface area contributed by atoms with Gasteiger partial charge in [0.15, 0.2) is 10.9 Å². The molecule has 7 heteroatoms. The highest BCUT2D eigenvalue weighted by molar-refractivity contribution is 8.00. The number of carbonyl (C=O) groups excluding carboxylic acids is 2. The van der Waals surface area contributed by atoms with E-state index < -0.39 is 5.25 Å². The Hall–Kier alpha value is -3.71. The number of hydrogen-bond donors (Lipinski definition) is 1. The fourth-order valence-electron chi connectivity index (χ4n) is 3.33. The lowest BCUT2D eigenvalue weighted by Gasteiger charge is -2.18. The number of hydrogen-bond acceptors (Lipinski definition) is 5. The van der Waals surface area contributed by atoms with Crippen molar-refractivity contribution in [1.82, 2.24) is 14.8 Å². The van der Waals surface area contributed by atoms with Gasteiger partial charge in [-0.2, -0.15) is 0 Å². The van der Waals surface area contributed by atoms with Crippen molar-refractivity contribution < 1.29 is 9.59 Å². The van der Waals surface area contributed by atoms with Gasteiger partial charge in [0, 0.05) is 11.3 Å². The van der Waals surface area contributed by atoms with Crippen LogP contribution in [0.1, 0.15) is 33.7 Å². The molecule has 4 rings (SSSR count). The maximum absolute atomic E-state index is 13.4. The zero-order valence-corrected chi connectivity index (χ0v) is 18.5. The standard InChI is InChI=1S/C25H22N4O2S/c1-17-9-6-7-14-22(17)29-16-26-28-25(29)32-23(19-10-4-3-5-11-19)24(31)27-21-13-8-12-20(15-21)18(2)30/h3-16,23H,1-2H3,(H,27,31). The second kappa shape index (κ2) is 9.62. The first-order valence-corrected chi connectivity index (χ1v) is 11.0. The molecule has 0 saturated heterocycles. The number of aromatic nitrogens is 3. The lowest BCUT2D eigenvalue weighted by molar-refractivity contribution is -0.115. The van der Waals surface area contributed by atoms with E-state index in [0.29, 0.717) is 16.4 Å². The molecule has 6 nitrogen and oxygen atoms in total. The lowest BCUT2D eigenvalue weighted by atomic mass is 10.1. The molecule has 0 aliphatic heterocycles. The van der Waals surface area contributed by atoms with Crippen molar-refractivity contribution in [2.24, 2.45) is 0 Å². The normalized spacial score (nSPS) is 11.7. The van der Waals surface area contributed by atoms with Crippen LogP contribution in [0.5, 0.6) is 0 Å². The number of para-hydroxylation sites is 1. The second-order valence-electron chi connectivity index (χ2n) is 7.30. The summed E-state index contributed by atoms with van der Waals surface area (Å²) in [6, 6.07) is 24.4. The van der Waals surface area contributed by atoms with Crippen LogP contribution in [0.2, 0.25) is 0 Å². The van der Waals surface area contributed by atoms with Crippen molar-refractivity contribution >= 4 is 29.1 Å². The number of Topliss-reactive ketones (excluding diaryl/α,β-unsaturated/α-hetero) is 1. The third-order valence-electron chi connectivity index (χ3n) is 4.99. The average Bonchev–Trinajstić information content (AvgIpc) is 3.26. The Bertz CT molecular complexity index is 1250. The first-order valence-electron chi connectivity index (χ1n) is 10.1. The Morgan fingerprint density at radius 3 is 2.47 bits per heavy atom. The number of rotatable bonds is 7. The fourth-order valence-corrected chi connectivity index (χ4v) is 4.36. The summed E-state index contributed by atoms with van der Waals surface area (Å²) < 4.78 is 1.89. The molecule has 0 spiro atoms. The maximum Gasteiger partial charge on any atom is 0.242 e. The van der Waals surface area contributed by atoms with E-state index in [1.165, 1.54) is 18.7 Å². The van der Waals surface area contributed by atoms with Crippen LogP contribution in [0.4, 0.5) is 5.69 Å². The van der Waals surface area contributed by atoms with E-state index in [4.69, 9.17) is 0 Å². The summed E-state index contributed by atoms with van der Waals surface area (Å²) in [7, 11) is 0. The molecular formula is C25H22N4O2S. The van der Waals surface area contributed by atoms with E-state index in [1.54, 1.807) is 30.6 Å². The monoisotopic (exact) mass is 442 g/mol. The van der Waals surface area contributed by atoms with Crippen LogP contribution in [0.15, 0.2) is 90.3 Å². The maximum atomic E-state index is 13.4. The van der Waals surface area contributed by atoms with E-state index in [1.807, 2.05) is 66.1 Å². The molecule has 0 radical (unpaired) electrons. The molecule has 0 aliphatic carbocycles. The fraction of sp³-hybridized carbons (Fsp3) is 0.120. The number of carbonyl (C=O) groups is 2. The van der Waals surface area contributed by atoms with Crippen molar-refractivity contribution in [2.45, 2.75) is 24.3 Å². The molecule has 0 bridgehead atoms. The Morgan fingerprint density at radius 1 is 0.969 bits per heavy atom. The topological polar surface area (TPSA) is 76.9 Å². The highest BCUT2D eigenvalue weighted by atomic mass is 32.2. The van der Waals surface area contributed by atoms with Crippen molar-refractivity contribution in [3.8, 4) is 5.69 Å². The van der Waals surface area contributed by atoms with Crippen LogP contribution in [0, 0.1) is 6.92 Å². The quantitative estimate of drug-likeness (QED) is 0.312. The van der Waals surface area contributed by atoms with Crippen LogP contribution in [0.25, 0.3) is 5.69 Å². The number of nitrogens with zero attached hydrogens (tertiary/aromatic N) is 3. The van der Waals surface area contributed by atoms with Crippen LogP contribution in [-0.4, -0.2) is 26.5 Å². The smallest absolute Gasteiger partial charge is 0.242 e. The molecule has 1 aromatic heterocycles. The third-order valence-corrected chi connectivity index (χ3v) is 6.20. The van der Waals surface area contributed by atoms with Crippen LogP contribution in [0.3, 0.4) is 0 Å². The van der Waals surface area contributed by atoms with E-state index in [0.717, 1.165) is 16.8 Å². The summed E-state index contributed by atoms with van der Waals surface area (Å²) in [5.74, 6) is -0.261. The largest absolute Gasteiger partial charge is 0.325 e. The molecule has 32 heavy (non-hydrogen) atoms. The van der Waals surface area contributed by atoms with E-state index in [2.05, 4.69) is 15.5 Å². The molecule has 1 N–H and O–H groups in total. The van der Waals surface area contributed by atoms with Crippen molar-refractivity contribution in [1.29, 1.82) is 0 Å². The second-order valence-corrected chi connectivity index (χ2v) is 8.38. The molecule has 1 atom stereocenters.